The second-order valence-corrected chi connectivity index (χ2v) is 7.57. The standard InChI is InChI=1S/C21H13Br2NO/c22-15-6-9-17(10-7-15)24-20-11-8-16(23)12-19(20)18(13-21(24)25)14-4-2-1-3-5-14/h1-13H. The van der Waals surface area contributed by atoms with Gasteiger partial charge >= 0.3 is 0 Å². The van der Waals surface area contributed by atoms with Gasteiger partial charge in [0.1, 0.15) is 0 Å². The summed E-state index contributed by atoms with van der Waals surface area (Å²) in [7, 11) is 0. The Kier molecular flexibility index (Phi) is 4.32. The Morgan fingerprint density at radius 2 is 1.40 bits per heavy atom. The molecular weight excluding hydrogens is 442 g/mol. The Labute approximate surface area is 162 Å². The first-order chi connectivity index (χ1) is 12.1. The van der Waals surface area contributed by atoms with Gasteiger partial charge < -0.3 is 0 Å². The van der Waals surface area contributed by atoms with Crippen LogP contribution in [0.5, 0.6) is 0 Å². The summed E-state index contributed by atoms with van der Waals surface area (Å²) in [4.78, 5) is 12.9. The number of hydrogen-bond acceptors (Lipinski definition) is 1. The molecule has 0 atom stereocenters. The molecule has 25 heavy (non-hydrogen) atoms. The van der Waals surface area contributed by atoms with Crippen molar-refractivity contribution in [2.24, 2.45) is 0 Å². The van der Waals surface area contributed by atoms with Crippen molar-refractivity contribution in [1.82, 2.24) is 4.57 Å². The number of fused-ring (bicyclic) bond motifs is 1. The summed E-state index contributed by atoms with van der Waals surface area (Å²) >= 11 is 7.00. The number of nitrogens with zero attached hydrogens (tertiary/aromatic N) is 1. The van der Waals surface area contributed by atoms with Crippen LogP contribution in [0.1, 0.15) is 0 Å². The van der Waals surface area contributed by atoms with Crippen LogP contribution in [0.3, 0.4) is 0 Å². The van der Waals surface area contributed by atoms with Crippen molar-refractivity contribution in [3.05, 3.63) is 98.2 Å². The van der Waals surface area contributed by atoms with Gasteiger partial charge in [-0.2, -0.15) is 0 Å². The summed E-state index contributed by atoms with van der Waals surface area (Å²) in [6, 6.07) is 25.5. The third kappa shape index (κ3) is 3.08. The van der Waals surface area contributed by atoms with Crippen molar-refractivity contribution >= 4 is 42.8 Å². The monoisotopic (exact) mass is 453 g/mol. The van der Waals surface area contributed by atoms with Crippen LogP contribution in [-0.4, -0.2) is 4.57 Å². The highest BCUT2D eigenvalue weighted by atomic mass is 79.9. The van der Waals surface area contributed by atoms with E-state index in [0.29, 0.717) is 0 Å². The summed E-state index contributed by atoms with van der Waals surface area (Å²) in [5, 5.41) is 1.03. The van der Waals surface area contributed by atoms with Gasteiger partial charge in [-0.3, -0.25) is 9.36 Å². The number of rotatable bonds is 2. The van der Waals surface area contributed by atoms with Gasteiger partial charge in [0, 0.05) is 26.1 Å². The molecule has 4 aromatic rings. The Hall–Kier alpha value is -2.17. The zero-order chi connectivity index (χ0) is 17.4. The predicted octanol–water partition coefficient (Wildman–Crippen LogP) is 6.18. The van der Waals surface area contributed by atoms with E-state index < -0.39 is 0 Å². The maximum atomic E-state index is 12.9. The van der Waals surface area contributed by atoms with E-state index in [1.165, 1.54) is 0 Å². The number of hydrogen-bond donors (Lipinski definition) is 0. The molecule has 0 spiro atoms. The van der Waals surface area contributed by atoms with Gasteiger partial charge in [-0.05, 0) is 53.6 Å². The van der Waals surface area contributed by atoms with Crippen LogP contribution in [0.25, 0.3) is 27.7 Å². The fourth-order valence-electron chi connectivity index (χ4n) is 3.02. The average Bonchev–Trinajstić information content (AvgIpc) is 2.63. The molecule has 0 radical (unpaired) electrons. The molecule has 4 heteroatoms. The maximum Gasteiger partial charge on any atom is 0.256 e. The Morgan fingerprint density at radius 3 is 2.12 bits per heavy atom. The van der Waals surface area contributed by atoms with Gasteiger partial charge in [0.15, 0.2) is 0 Å². The van der Waals surface area contributed by atoms with Crippen LogP contribution < -0.4 is 5.56 Å². The van der Waals surface area contributed by atoms with Gasteiger partial charge in [-0.1, -0.05) is 62.2 Å². The molecule has 4 rings (SSSR count). The zero-order valence-electron chi connectivity index (χ0n) is 13.1. The summed E-state index contributed by atoms with van der Waals surface area (Å²) in [5.41, 5.74) is 3.66. The van der Waals surface area contributed by atoms with Crippen molar-refractivity contribution < 1.29 is 0 Å². The molecule has 1 aromatic heterocycles. The van der Waals surface area contributed by atoms with Crippen molar-refractivity contribution in [3.63, 3.8) is 0 Å². The number of halogens is 2. The fraction of sp³-hybridized carbons (Fsp3) is 0. The van der Waals surface area contributed by atoms with Crippen LogP contribution in [0.2, 0.25) is 0 Å². The first kappa shape index (κ1) is 16.3. The molecule has 0 N–H and O–H groups in total. The Balaban J connectivity index is 2.09. The molecule has 0 fully saturated rings. The fourth-order valence-corrected chi connectivity index (χ4v) is 3.64. The van der Waals surface area contributed by atoms with E-state index in [-0.39, 0.29) is 5.56 Å². The molecule has 0 amide bonds. The smallest absolute Gasteiger partial charge is 0.256 e. The molecule has 3 aromatic carbocycles. The molecule has 0 aliphatic rings. The van der Waals surface area contributed by atoms with E-state index in [4.69, 9.17) is 0 Å². The molecular formula is C21H13Br2NO. The molecule has 0 unspecified atom stereocenters. The van der Waals surface area contributed by atoms with Crippen LogP contribution in [0.15, 0.2) is 92.6 Å². The van der Waals surface area contributed by atoms with E-state index in [9.17, 15) is 4.79 Å². The largest absolute Gasteiger partial charge is 0.277 e. The van der Waals surface area contributed by atoms with E-state index in [1.54, 1.807) is 10.6 Å². The second kappa shape index (κ2) is 6.62. The number of benzene rings is 3. The first-order valence-electron chi connectivity index (χ1n) is 7.80. The quantitative estimate of drug-likeness (QED) is 0.354. The van der Waals surface area contributed by atoms with E-state index in [0.717, 1.165) is 36.7 Å². The molecule has 0 saturated heterocycles. The van der Waals surface area contributed by atoms with Crippen LogP contribution in [0, 0.1) is 0 Å². The highest BCUT2D eigenvalue weighted by molar-refractivity contribution is 9.10. The average molecular weight is 455 g/mol. The van der Waals surface area contributed by atoms with Gasteiger partial charge in [-0.25, -0.2) is 0 Å². The third-order valence-electron chi connectivity index (χ3n) is 4.15. The minimum absolute atomic E-state index is 0.0454. The molecule has 0 saturated carbocycles. The minimum Gasteiger partial charge on any atom is -0.277 e. The molecule has 122 valence electrons. The van der Waals surface area contributed by atoms with Crippen molar-refractivity contribution in [2.45, 2.75) is 0 Å². The lowest BCUT2D eigenvalue weighted by molar-refractivity contribution is 1.04. The molecule has 1 heterocycles. The first-order valence-corrected chi connectivity index (χ1v) is 9.39. The van der Waals surface area contributed by atoms with Crippen molar-refractivity contribution in [2.75, 3.05) is 0 Å². The number of pyridine rings is 1. The topological polar surface area (TPSA) is 22.0 Å². The molecule has 2 nitrogen and oxygen atoms in total. The van der Waals surface area contributed by atoms with E-state index >= 15 is 0 Å². The summed E-state index contributed by atoms with van der Waals surface area (Å²) in [6.07, 6.45) is 0. The highest BCUT2D eigenvalue weighted by Crippen LogP contribution is 2.30. The maximum absolute atomic E-state index is 12.9. The SMILES string of the molecule is O=c1cc(-c2ccccc2)c2cc(Br)ccc2n1-c1ccc(Br)cc1. The minimum atomic E-state index is -0.0454. The van der Waals surface area contributed by atoms with Gasteiger partial charge in [0.25, 0.3) is 5.56 Å². The summed E-state index contributed by atoms with van der Waals surface area (Å²) < 4.78 is 3.72. The predicted molar refractivity (Wildman–Crippen MR) is 110 cm³/mol. The van der Waals surface area contributed by atoms with Crippen molar-refractivity contribution in [3.8, 4) is 16.8 Å². The van der Waals surface area contributed by atoms with Gasteiger partial charge in [0.05, 0.1) is 5.52 Å². The highest BCUT2D eigenvalue weighted by Gasteiger charge is 2.12. The lowest BCUT2D eigenvalue weighted by Crippen LogP contribution is -2.18. The van der Waals surface area contributed by atoms with Crippen LogP contribution in [0.4, 0.5) is 0 Å². The lowest BCUT2D eigenvalue weighted by Gasteiger charge is -2.14. The van der Waals surface area contributed by atoms with Gasteiger partial charge in [-0.15, -0.1) is 0 Å². The lowest BCUT2D eigenvalue weighted by atomic mass is 10.0. The Morgan fingerprint density at radius 1 is 0.720 bits per heavy atom. The van der Waals surface area contributed by atoms with Crippen molar-refractivity contribution in [1.29, 1.82) is 0 Å². The second-order valence-electron chi connectivity index (χ2n) is 5.74. The molecule has 0 aliphatic carbocycles. The summed E-state index contributed by atoms with van der Waals surface area (Å²) in [6.45, 7) is 0. The Bertz CT molecular complexity index is 1120. The van der Waals surface area contributed by atoms with E-state index in [1.807, 2.05) is 66.7 Å². The van der Waals surface area contributed by atoms with Gasteiger partial charge in [0.2, 0.25) is 0 Å². The zero-order valence-corrected chi connectivity index (χ0v) is 16.3. The summed E-state index contributed by atoms with van der Waals surface area (Å²) in [5.74, 6) is 0. The normalized spacial score (nSPS) is 11.0. The third-order valence-corrected chi connectivity index (χ3v) is 5.17. The van der Waals surface area contributed by atoms with E-state index in [2.05, 4.69) is 37.9 Å². The number of aromatic nitrogens is 1. The van der Waals surface area contributed by atoms with Crippen LogP contribution >= 0.6 is 31.9 Å². The molecule has 0 aliphatic heterocycles. The molecule has 0 bridgehead atoms. The van der Waals surface area contributed by atoms with Crippen LogP contribution in [-0.2, 0) is 0 Å².